The molecule has 1 fully saturated rings. The predicted octanol–water partition coefficient (Wildman–Crippen LogP) is 1.35. The number of piperazine rings is 1. The molecular weight excluding hydrogens is 300 g/mol. The summed E-state index contributed by atoms with van der Waals surface area (Å²) >= 11 is 1.81. The summed E-state index contributed by atoms with van der Waals surface area (Å²) in [6.45, 7) is 5.98. The number of amides is 2. The number of carbonyl (C=O) groups excluding carboxylic acids is 2. The van der Waals surface area contributed by atoms with Crippen molar-refractivity contribution in [1.29, 1.82) is 0 Å². The maximum absolute atomic E-state index is 12.2. The summed E-state index contributed by atoms with van der Waals surface area (Å²) in [4.78, 5) is 29.7. The van der Waals surface area contributed by atoms with E-state index in [9.17, 15) is 9.59 Å². The molecule has 0 atom stereocenters. The third-order valence-corrected chi connectivity index (χ3v) is 5.11. The predicted molar refractivity (Wildman–Crippen MR) is 87.0 cm³/mol. The van der Waals surface area contributed by atoms with Gasteiger partial charge in [-0.15, -0.1) is 11.3 Å². The summed E-state index contributed by atoms with van der Waals surface area (Å²) in [5.41, 5.74) is 1.36. The van der Waals surface area contributed by atoms with Gasteiger partial charge >= 0.3 is 0 Å². The third-order valence-electron chi connectivity index (χ3n) is 4.10. The zero-order valence-corrected chi connectivity index (χ0v) is 14.1. The van der Waals surface area contributed by atoms with E-state index in [2.05, 4.69) is 19.9 Å². The molecule has 122 valence electrons. The van der Waals surface area contributed by atoms with Crippen LogP contribution in [0.25, 0.3) is 0 Å². The number of aliphatic hydroxyl groups is 1. The monoisotopic (exact) mass is 324 g/mol. The molecule has 0 unspecified atom stereocenters. The van der Waals surface area contributed by atoms with Gasteiger partial charge in [0.05, 0.1) is 0 Å². The summed E-state index contributed by atoms with van der Waals surface area (Å²) in [7, 11) is 0. The lowest BCUT2D eigenvalue weighted by Crippen LogP contribution is -2.51. The Labute approximate surface area is 135 Å². The van der Waals surface area contributed by atoms with Crippen LogP contribution in [0.15, 0.2) is 6.07 Å². The zero-order valence-electron chi connectivity index (χ0n) is 13.3. The van der Waals surface area contributed by atoms with Crippen molar-refractivity contribution in [3.05, 3.63) is 21.4 Å². The molecule has 0 spiro atoms. The highest BCUT2D eigenvalue weighted by Gasteiger charge is 2.23. The number of rotatable bonds is 5. The van der Waals surface area contributed by atoms with Crippen LogP contribution in [0.3, 0.4) is 0 Å². The average molecular weight is 324 g/mol. The minimum atomic E-state index is -0.451. The van der Waals surface area contributed by atoms with Crippen LogP contribution in [-0.4, -0.2) is 59.5 Å². The molecule has 1 aliphatic rings. The van der Waals surface area contributed by atoms with E-state index >= 15 is 0 Å². The first-order valence-electron chi connectivity index (χ1n) is 7.73. The SMILES string of the molecule is Cc1cc(CCCC(=O)N2CCN(C(=O)CO)CC2)c(C)s1. The Balaban J connectivity index is 1.72. The Morgan fingerprint density at radius 3 is 2.23 bits per heavy atom. The second-order valence-corrected chi connectivity index (χ2v) is 7.17. The summed E-state index contributed by atoms with van der Waals surface area (Å²) in [6, 6.07) is 2.21. The number of hydrogen-bond acceptors (Lipinski definition) is 4. The molecule has 6 heteroatoms. The first kappa shape index (κ1) is 17.0. The van der Waals surface area contributed by atoms with Crippen LogP contribution < -0.4 is 0 Å². The van der Waals surface area contributed by atoms with E-state index < -0.39 is 6.61 Å². The van der Waals surface area contributed by atoms with Crippen molar-refractivity contribution in [2.24, 2.45) is 0 Å². The number of aryl methyl sites for hydroxylation is 3. The summed E-state index contributed by atoms with van der Waals surface area (Å²) < 4.78 is 0. The number of carbonyl (C=O) groups is 2. The molecule has 0 radical (unpaired) electrons. The van der Waals surface area contributed by atoms with Gasteiger partial charge in [-0.05, 0) is 38.3 Å². The Hall–Kier alpha value is -1.40. The molecule has 2 heterocycles. The normalized spacial score (nSPS) is 15.2. The highest BCUT2D eigenvalue weighted by Crippen LogP contribution is 2.22. The molecule has 1 N–H and O–H groups in total. The minimum Gasteiger partial charge on any atom is -0.387 e. The molecule has 0 aromatic carbocycles. The number of thiophene rings is 1. The standard InChI is InChI=1S/C16H24N2O3S/c1-12-10-14(13(2)22-12)4-3-5-15(20)17-6-8-18(9-7-17)16(21)11-19/h10,19H,3-9,11H2,1-2H3. The minimum absolute atomic E-state index is 0.167. The molecule has 1 saturated heterocycles. The van der Waals surface area contributed by atoms with E-state index in [1.165, 1.54) is 15.3 Å². The lowest BCUT2D eigenvalue weighted by Gasteiger charge is -2.34. The van der Waals surface area contributed by atoms with Crippen molar-refractivity contribution in [1.82, 2.24) is 9.80 Å². The molecule has 0 aliphatic carbocycles. The van der Waals surface area contributed by atoms with E-state index in [0.29, 0.717) is 32.6 Å². The van der Waals surface area contributed by atoms with Crippen LogP contribution in [0.1, 0.15) is 28.2 Å². The van der Waals surface area contributed by atoms with Crippen LogP contribution in [-0.2, 0) is 16.0 Å². The van der Waals surface area contributed by atoms with Crippen molar-refractivity contribution in [2.45, 2.75) is 33.1 Å². The van der Waals surface area contributed by atoms with Crippen molar-refractivity contribution in [3.63, 3.8) is 0 Å². The lowest BCUT2D eigenvalue weighted by molar-refractivity contribution is -0.141. The van der Waals surface area contributed by atoms with Gasteiger partial charge in [0.2, 0.25) is 11.8 Å². The average Bonchev–Trinajstić information content (AvgIpc) is 2.84. The fourth-order valence-electron chi connectivity index (χ4n) is 2.83. The lowest BCUT2D eigenvalue weighted by atomic mass is 10.1. The molecule has 1 aliphatic heterocycles. The molecule has 0 bridgehead atoms. The second kappa shape index (κ2) is 7.74. The Bertz CT molecular complexity index is 533. The van der Waals surface area contributed by atoms with Crippen LogP contribution in [0.4, 0.5) is 0 Å². The molecule has 22 heavy (non-hydrogen) atoms. The molecular formula is C16H24N2O3S. The zero-order chi connectivity index (χ0) is 16.1. The Morgan fingerprint density at radius 2 is 1.73 bits per heavy atom. The van der Waals surface area contributed by atoms with E-state index in [1.807, 2.05) is 16.2 Å². The summed E-state index contributed by atoms with van der Waals surface area (Å²) in [5.74, 6) is -0.0869. The van der Waals surface area contributed by atoms with Crippen LogP contribution >= 0.6 is 11.3 Å². The van der Waals surface area contributed by atoms with E-state index in [4.69, 9.17) is 5.11 Å². The summed E-state index contributed by atoms with van der Waals surface area (Å²) in [6.07, 6.45) is 2.37. The molecule has 5 nitrogen and oxygen atoms in total. The topological polar surface area (TPSA) is 60.9 Å². The third kappa shape index (κ3) is 4.30. The van der Waals surface area contributed by atoms with Gasteiger partial charge in [-0.1, -0.05) is 0 Å². The summed E-state index contributed by atoms with van der Waals surface area (Å²) in [5, 5.41) is 8.84. The quantitative estimate of drug-likeness (QED) is 0.889. The first-order valence-corrected chi connectivity index (χ1v) is 8.55. The van der Waals surface area contributed by atoms with E-state index in [-0.39, 0.29) is 11.8 Å². The fourth-order valence-corrected chi connectivity index (χ4v) is 3.80. The Morgan fingerprint density at radius 1 is 1.14 bits per heavy atom. The molecule has 1 aromatic heterocycles. The van der Waals surface area contributed by atoms with Gasteiger partial charge in [-0.3, -0.25) is 9.59 Å². The van der Waals surface area contributed by atoms with Gasteiger partial charge < -0.3 is 14.9 Å². The van der Waals surface area contributed by atoms with Crippen LogP contribution in [0, 0.1) is 13.8 Å². The molecule has 1 aromatic rings. The largest absolute Gasteiger partial charge is 0.387 e. The number of aliphatic hydroxyl groups excluding tert-OH is 1. The van der Waals surface area contributed by atoms with Gasteiger partial charge in [-0.25, -0.2) is 0 Å². The van der Waals surface area contributed by atoms with E-state index in [1.54, 1.807) is 4.90 Å². The van der Waals surface area contributed by atoms with Gasteiger partial charge in [0.25, 0.3) is 0 Å². The first-order chi connectivity index (χ1) is 10.5. The van der Waals surface area contributed by atoms with Gasteiger partial charge in [0.15, 0.2) is 0 Å². The van der Waals surface area contributed by atoms with Crippen molar-refractivity contribution in [3.8, 4) is 0 Å². The highest BCUT2D eigenvalue weighted by atomic mass is 32.1. The number of hydrogen-bond donors (Lipinski definition) is 1. The molecule has 2 amide bonds. The fraction of sp³-hybridized carbons (Fsp3) is 0.625. The van der Waals surface area contributed by atoms with Gasteiger partial charge in [0.1, 0.15) is 6.61 Å². The van der Waals surface area contributed by atoms with Crippen LogP contribution in [0.2, 0.25) is 0 Å². The Kier molecular flexibility index (Phi) is 5.97. The van der Waals surface area contributed by atoms with E-state index in [0.717, 1.165) is 12.8 Å². The van der Waals surface area contributed by atoms with Crippen LogP contribution in [0.5, 0.6) is 0 Å². The van der Waals surface area contributed by atoms with Crippen molar-refractivity contribution < 1.29 is 14.7 Å². The van der Waals surface area contributed by atoms with Crippen molar-refractivity contribution >= 4 is 23.2 Å². The maximum atomic E-state index is 12.2. The number of nitrogens with zero attached hydrogens (tertiary/aromatic N) is 2. The second-order valence-electron chi connectivity index (χ2n) is 5.71. The maximum Gasteiger partial charge on any atom is 0.248 e. The smallest absolute Gasteiger partial charge is 0.248 e. The highest BCUT2D eigenvalue weighted by molar-refractivity contribution is 7.12. The molecule has 2 rings (SSSR count). The van der Waals surface area contributed by atoms with Crippen molar-refractivity contribution in [2.75, 3.05) is 32.8 Å². The van der Waals surface area contributed by atoms with Gasteiger partial charge in [0, 0.05) is 42.4 Å². The van der Waals surface area contributed by atoms with Gasteiger partial charge in [-0.2, -0.15) is 0 Å². The molecule has 0 saturated carbocycles.